The Hall–Kier alpha value is -1.22. The van der Waals surface area contributed by atoms with E-state index in [9.17, 15) is 5.11 Å². The molecule has 0 fully saturated rings. The summed E-state index contributed by atoms with van der Waals surface area (Å²) in [7, 11) is 1.61. The van der Waals surface area contributed by atoms with Gasteiger partial charge < -0.3 is 9.84 Å². The summed E-state index contributed by atoms with van der Waals surface area (Å²) in [5.41, 5.74) is 0.971. The summed E-state index contributed by atoms with van der Waals surface area (Å²) >= 11 is 0. The van der Waals surface area contributed by atoms with Gasteiger partial charge in [0.15, 0.2) is 0 Å². The van der Waals surface area contributed by atoms with Crippen molar-refractivity contribution in [1.29, 1.82) is 0 Å². The van der Waals surface area contributed by atoms with Crippen molar-refractivity contribution in [3.8, 4) is 11.5 Å². The second-order valence-electron chi connectivity index (χ2n) is 5.37. The Labute approximate surface area is 123 Å². The van der Waals surface area contributed by atoms with Crippen LogP contribution in [0.1, 0.15) is 52.1 Å². The highest BCUT2D eigenvalue weighted by molar-refractivity contribution is 5.41. The van der Waals surface area contributed by atoms with Crippen molar-refractivity contribution in [2.45, 2.75) is 46.6 Å². The van der Waals surface area contributed by atoms with Crippen molar-refractivity contribution < 1.29 is 9.84 Å². The van der Waals surface area contributed by atoms with Crippen LogP contribution in [-0.4, -0.2) is 30.2 Å². The van der Waals surface area contributed by atoms with Crippen molar-refractivity contribution in [3.63, 3.8) is 0 Å². The number of phenolic OH excluding ortho intramolecular Hbond substituents is 1. The van der Waals surface area contributed by atoms with Crippen LogP contribution in [0.15, 0.2) is 18.2 Å². The number of benzene rings is 1. The predicted octanol–water partition coefficient (Wildman–Crippen LogP) is 4.22. The van der Waals surface area contributed by atoms with E-state index in [2.05, 4.69) is 32.6 Å². The van der Waals surface area contributed by atoms with E-state index in [0.717, 1.165) is 24.6 Å². The minimum Gasteiger partial charge on any atom is -0.507 e. The molecular weight excluding hydrogens is 250 g/mol. The number of nitrogens with zero attached hydrogens (tertiary/aromatic N) is 1. The number of ether oxygens (including phenoxy) is 1. The lowest BCUT2D eigenvalue weighted by Gasteiger charge is -2.31. The molecule has 1 aromatic carbocycles. The van der Waals surface area contributed by atoms with Gasteiger partial charge in [-0.2, -0.15) is 0 Å². The molecule has 0 aliphatic carbocycles. The second-order valence-corrected chi connectivity index (χ2v) is 5.37. The van der Waals surface area contributed by atoms with Gasteiger partial charge in [-0.1, -0.05) is 39.7 Å². The zero-order valence-electron chi connectivity index (χ0n) is 13.5. The summed E-state index contributed by atoms with van der Waals surface area (Å²) < 4.78 is 5.14. The number of phenols is 1. The molecular formula is C17H29NO2. The minimum atomic E-state index is 0.214. The number of hydrogen-bond donors (Lipinski definition) is 1. The third-order valence-corrected chi connectivity index (χ3v) is 4.29. The first kappa shape index (κ1) is 16.8. The molecule has 0 amide bonds. The smallest absolute Gasteiger partial charge is 0.124 e. The molecule has 0 bridgehead atoms. The van der Waals surface area contributed by atoms with Gasteiger partial charge in [0.2, 0.25) is 0 Å². The van der Waals surface area contributed by atoms with Crippen LogP contribution in [0.3, 0.4) is 0 Å². The Morgan fingerprint density at radius 1 is 1.20 bits per heavy atom. The summed E-state index contributed by atoms with van der Waals surface area (Å²) in [6.07, 6.45) is 2.41. The van der Waals surface area contributed by atoms with Gasteiger partial charge in [-0.3, -0.25) is 4.90 Å². The monoisotopic (exact) mass is 279 g/mol. The molecule has 0 aliphatic heterocycles. The maximum Gasteiger partial charge on any atom is 0.124 e. The Balaban J connectivity index is 2.87. The summed E-state index contributed by atoms with van der Waals surface area (Å²) in [5.74, 6) is 1.74. The third-order valence-electron chi connectivity index (χ3n) is 4.29. The Kier molecular flexibility index (Phi) is 6.86. The molecule has 3 heteroatoms. The van der Waals surface area contributed by atoms with E-state index in [1.54, 1.807) is 13.2 Å². The van der Waals surface area contributed by atoms with Gasteiger partial charge in [-0.05, 0) is 25.5 Å². The van der Waals surface area contributed by atoms with Crippen molar-refractivity contribution in [2.75, 3.05) is 20.2 Å². The predicted molar refractivity (Wildman–Crippen MR) is 84.4 cm³/mol. The lowest BCUT2D eigenvalue weighted by Crippen LogP contribution is -2.31. The maximum absolute atomic E-state index is 10.2. The first-order valence-electron chi connectivity index (χ1n) is 7.68. The van der Waals surface area contributed by atoms with E-state index in [0.29, 0.717) is 11.5 Å². The van der Waals surface area contributed by atoms with E-state index in [-0.39, 0.29) is 6.04 Å². The Morgan fingerprint density at radius 3 is 2.30 bits per heavy atom. The van der Waals surface area contributed by atoms with Gasteiger partial charge in [0, 0.05) is 24.2 Å². The maximum atomic E-state index is 10.2. The van der Waals surface area contributed by atoms with Crippen LogP contribution in [0.4, 0.5) is 0 Å². The molecule has 0 radical (unpaired) electrons. The van der Waals surface area contributed by atoms with Crippen molar-refractivity contribution in [3.05, 3.63) is 23.8 Å². The van der Waals surface area contributed by atoms with Gasteiger partial charge >= 0.3 is 0 Å². The Morgan fingerprint density at radius 2 is 1.85 bits per heavy atom. The van der Waals surface area contributed by atoms with Crippen LogP contribution in [-0.2, 0) is 0 Å². The highest BCUT2D eigenvalue weighted by atomic mass is 16.5. The number of aromatic hydroxyl groups is 1. The lowest BCUT2D eigenvalue weighted by molar-refractivity contribution is 0.179. The van der Waals surface area contributed by atoms with E-state index in [4.69, 9.17) is 4.74 Å². The molecule has 0 saturated heterocycles. The van der Waals surface area contributed by atoms with Crippen LogP contribution in [0.25, 0.3) is 0 Å². The molecule has 1 atom stereocenters. The molecule has 1 aromatic rings. The summed E-state index contributed by atoms with van der Waals surface area (Å²) in [4.78, 5) is 2.43. The lowest BCUT2D eigenvalue weighted by atomic mass is 9.99. The molecule has 0 heterocycles. The molecule has 1 unspecified atom stereocenters. The SMILES string of the molecule is CCC(CC)CN(CC)C(C)c1ccc(OC)cc1O. The van der Waals surface area contributed by atoms with E-state index >= 15 is 0 Å². The van der Waals surface area contributed by atoms with E-state index < -0.39 is 0 Å². The van der Waals surface area contributed by atoms with Crippen LogP contribution >= 0.6 is 0 Å². The third kappa shape index (κ3) is 4.14. The fourth-order valence-corrected chi connectivity index (χ4v) is 2.64. The first-order valence-corrected chi connectivity index (χ1v) is 7.68. The quantitative estimate of drug-likeness (QED) is 0.773. The molecule has 20 heavy (non-hydrogen) atoms. The molecule has 0 spiro atoms. The summed E-state index contributed by atoms with van der Waals surface area (Å²) in [5, 5.41) is 10.2. The van der Waals surface area contributed by atoms with Gasteiger partial charge in [0.05, 0.1) is 7.11 Å². The molecule has 0 aliphatic rings. The number of hydrogen-bond acceptors (Lipinski definition) is 3. The first-order chi connectivity index (χ1) is 9.57. The fraction of sp³-hybridized carbons (Fsp3) is 0.647. The molecule has 114 valence electrons. The number of methoxy groups -OCH3 is 1. The van der Waals surface area contributed by atoms with Gasteiger partial charge in [0.1, 0.15) is 11.5 Å². The molecule has 0 saturated carbocycles. The van der Waals surface area contributed by atoms with Crippen LogP contribution in [0.5, 0.6) is 11.5 Å². The molecule has 0 aromatic heterocycles. The highest BCUT2D eigenvalue weighted by Crippen LogP contribution is 2.32. The van der Waals surface area contributed by atoms with E-state index in [1.165, 1.54) is 12.8 Å². The summed E-state index contributed by atoms with van der Waals surface area (Å²) in [6, 6.07) is 5.79. The zero-order chi connectivity index (χ0) is 15.1. The van der Waals surface area contributed by atoms with Crippen LogP contribution in [0, 0.1) is 5.92 Å². The van der Waals surface area contributed by atoms with Crippen molar-refractivity contribution >= 4 is 0 Å². The van der Waals surface area contributed by atoms with Crippen LogP contribution < -0.4 is 4.74 Å². The van der Waals surface area contributed by atoms with Crippen LogP contribution in [0.2, 0.25) is 0 Å². The topological polar surface area (TPSA) is 32.7 Å². The zero-order valence-corrected chi connectivity index (χ0v) is 13.5. The van der Waals surface area contributed by atoms with Gasteiger partial charge in [0.25, 0.3) is 0 Å². The molecule has 3 nitrogen and oxygen atoms in total. The fourth-order valence-electron chi connectivity index (χ4n) is 2.64. The largest absolute Gasteiger partial charge is 0.507 e. The van der Waals surface area contributed by atoms with Gasteiger partial charge in [-0.25, -0.2) is 0 Å². The normalized spacial score (nSPS) is 12.9. The molecule has 1 rings (SSSR count). The number of rotatable bonds is 8. The van der Waals surface area contributed by atoms with Crippen molar-refractivity contribution in [1.82, 2.24) is 4.90 Å². The minimum absolute atomic E-state index is 0.214. The average Bonchev–Trinajstić information content (AvgIpc) is 2.47. The van der Waals surface area contributed by atoms with E-state index in [1.807, 2.05) is 12.1 Å². The summed E-state index contributed by atoms with van der Waals surface area (Å²) in [6.45, 7) is 10.9. The van der Waals surface area contributed by atoms with Crippen molar-refractivity contribution in [2.24, 2.45) is 5.92 Å². The molecule has 1 N–H and O–H groups in total. The highest BCUT2D eigenvalue weighted by Gasteiger charge is 2.20. The Bertz CT molecular complexity index is 402. The average molecular weight is 279 g/mol. The second kappa shape index (κ2) is 8.15. The standard InChI is InChI=1S/C17H29NO2/c1-6-14(7-2)12-18(8-3)13(4)16-10-9-15(20-5)11-17(16)19/h9-11,13-14,19H,6-8,12H2,1-5H3. The van der Waals surface area contributed by atoms with Gasteiger partial charge in [-0.15, -0.1) is 0 Å².